The van der Waals surface area contributed by atoms with E-state index in [1.54, 1.807) is 4.90 Å². The number of aromatic nitrogens is 4. The molecule has 31 heavy (non-hydrogen) atoms. The molecule has 11 heteroatoms. The van der Waals surface area contributed by atoms with Crippen molar-refractivity contribution in [1.29, 1.82) is 0 Å². The number of amides is 1. The number of aromatic amines is 1. The van der Waals surface area contributed by atoms with Crippen molar-refractivity contribution in [1.82, 2.24) is 28.9 Å². The van der Waals surface area contributed by atoms with Crippen molar-refractivity contribution >= 4 is 27.5 Å². The summed E-state index contributed by atoms with van der Waals surface area (Å²) in [5.41, 5.74) is -0.0487. The number of thiophene rings is 1. The molecule has 0 radical (unpaired) electrons. The minimum absolute atomic E-state index is 0.102. The largest absolute Gasteiger partial charge is 0.339 e. The Hall–Kier alpha value is -3.05. The molecule has 10 nitrogen and oxygen atoms in total. The number of H-pyrrole nitrogens is 1. The van der Waals surface area contributed by atoms with Crippen LogP contribution >= 0.6 is 11.3 Å². The highest BCUT2D eigenvalue weighted by atomic mass is 32.1. The van der Waals surface area contributed by atoms with Crippen LogP contribution in [0.4, 0.5) is 0 Å². The fraction of sp³-hybridized carbons (Fsp3) is 0.450. The van der Waals surface area contributed by atoms with Gasteiger partial charge in [0.15, 0.2) is 0 Å². The minimum atomic E-state index is -0.510. The summed E-state index contributed by atoms with van der Waals surface area (Å²) < 4.78 is 2.22. The van der Waals surface area contributed by atoms with Crippen LogP contribution in [0.1, 0.15) is 16.3 Å². The van der Waals surface area contributed by atoms with Crippen LogP contribution in [0.5, 0.6) is 0 Å². The van der Waals surface area contributed by atoms with E-state index in [2.05, 4.69) is 14.9 Å². The second-order valence-corrected chi connectivity index (χ2v) is 8.96. The Morgan fingerprint density at radius 2 is 1.87 bits per heavy atom. The number of aryl methyl sites for hydroxylation is 2. The predicted molar refractivity (Wildman–Crippen MR) is 118 cm³/mol. The molecule has 1 saturated heterocycles. The summed E-state index contributed by atoms with van der Waals surface area (Å²) in [4.78, 5) is 61.9. The summed E-state index contributed by atoms with van der Waals surface area (Å²) in [7, 11) is 1.39. The number of carbonyl (C=O) groups excluding carboxylic acids is 1. The quantitative estimate of drug-likeness (QED) is 0.597. The van der Waals surface area contributed by atoms with E-state index < -0.39 is 11.2 Å². The second kappa shape index (κ2) is 8.23. The maximum atomic E-state index is 12.6. The fourth-order valence-corrected chi connectivity index (χ4v) is 4.77. The normalized spacial score (nSPS) is 15.0. The van der Waals surface area contributed by atoms with Crippen molar-refractivity contribution in [3.63, 3.8) is 0 Å². The van der Waals surface area contributed by atoms with Crippen molar-refractivity contribution < 1.29 is 4.79 Å². The smallest absolute Gasteiger partial charge is 0.331 e. The van der Waals surface area contributed by atoms with Crippen molar-refractivity contribution in [2.45, 2.75) is 26.9 Å². The number of carbonyl (C=O) groups is 1. The third-order valence-electron chi connectivity index (χ3n) is 5.75. The highest BCUT2D eigenvalue weighted by Crippen LogP contribution is 2.25. The zero-order valence-electron chi connectivity index (χ0n) is 17.7. The van der Waals surface area contributed by atoms with Gasteiger partial charge in [0.2, 0.25) is 5.91 Å². The van der Waals surface area contributed by atoms with Crippen LogP contribution in [-0.4, -0.2) is 61.0 Å². The number of hydrogen-bond acceptors (Lipinski definition) is 7. The molecular weight excluding hydrogens is 420 g/mol. The Labute approximate surface area is 181 Å². The molecule has 1 N–H and O–H groups in total. The van der Waals surface area contributed by atoms with Crippen molar-refractivity contribution in [2.75, 3.05) is 26.2 Å². The van der Waals surface area contributed by atoms with E-state index in [4.69, 9.17) is 0 Å². The van der Waals surface area contributed by atoms with Gasteiger partial charge in [-0.3, -0.25) is 28.4 Å². The Balaban J connectivity index is 1.39. The molecule has 0 bridgehead atoms. The van der Waals surface area contributed by atoms with Crippen LogP contribution < -0.4 is 16.8 Å². The van der Waals surface area contributed by atoms with E-state index in [1.165, 1.54) is 35.2 Å². The maximum absolute atomic E-state index is 12.6. The summed E-state index contributed by atoms with van der Waals surface area (Å²) in [6.45, 7) is 6.63. The molecule has 0 saturated carbocycles. The minimum Gasteiger partial charge on any atom is -0.339 e. The SMILES string of the molecule is Cc1sc2nc(CN3CCN(C(=O)Cn4ccc(=O)n(C)c4=O)CC3)[nH]c(=O)c2c1C. The number of nitrogens with zero attached hydrogens (tertiary/aromatic N) is 5. The lowest BCUT2D eigenvalue weighted by atomic mass is 10.2. The number of fused-ring (bicyclic) bond motifs is 1. The van der Waals surface area contributed by atoms with Gasteiger partial charge >= 0.3 is 5.69 Å². The van der Waals surface area contributed by atoms with E-state index in [0.717, 1.165) is 19.8 Å². The first-order valence-corrected chi connectivity index (χ1v) is 10.8. The maximum Gasteiger partial charge on any atom is 0.331 e. The van der Waals surface area contributed by atoms with Crippen molar-refractivity contribution in [3.05, 3.63) is 59.7 Å². The molecule has 0 spiro atoms. The van der Waals surface area contributed by atoms with E-state index >= 15 is 0 Å². The van der Waals surface area contributed by atoms with Gasteiger partial charge in [-0.2, -0.15) is 0 Å². The summed E-state index contributed by atoms with van der Waals surface area (Å²) in [5.74, 6) is 0.452. The van der Waals surface area contributed by atoms with Crippen LogP contribution in [0, 0.1) is 13.8 Å². The molecule has 3 aromatic rings. The van der Waals surface area contributed by atoms with Crippen LogP contribution in [0.25, 0.3) is 10.2 Å². The molecule has 4 rings (SSSR count). The molecule has 1 aliphatic heterocycles. The Morgan fingerprint density at radius 3 is 2.58 bits per heavy atom. The molecule has 4 heterocycles. The molecule has 1 amide bonds. The first kappa shape index (κ1) is 21.2. The van der Waals surface area contributed by atoms with Gasteiger partial charge in [-0.05, 0) is 19.4 Å². The van der Waals surface area contributed by atoms with Gasteiger partial charge in [0.05, 0.1) is 11.9 Å². The zero-order chi connectivity index (χ0) is 22.3. The average Bonchev–Trinajstić information content (AvgIpc) is 3.02. The number of hydrogen-bond donors (Lipinski definition) is 1. The van der Waals surface area contributed by atoms with Gasteiger partial charge in [0.1, 0.15) is 17.2 Å². The molecule has 0 atom stereocenters. The van der Waals surface area contributed by atoms with Gasteiger partial charge in [-0.25, -0.2) is 9.78 Å². The second-order valence-electron chi connectivity index (χ2n) is 7.76. The van der Waals surface area contributed by atoms with Crippen molar-refractivity contribution in [2.24, 2.45) is 7.05 Å². The van der Waals surface area contributed by atoms with E-state index in [9.17, 15) is 19.2 Å². The van der Waals surface area contributed by atoms with Gasteiger partial charge in [0.25, 0.3) is 11.1 Å². The van der Waals surface area contributed by atoms with Gasteiger partial charge in [-0.15, -0.1) is 11.3 Å². The lowest BCUT2D eigenvalue weighted by molar-refractivity contribution is -0.133. The topological polar surface area (TPSA) is 113 Å². The molecular formula is C20H24N6O4S. The Morgan fingerprint density at radius 1 is 1.16 bits per heavy atom. The molecule has 164 valence electrons. The summed E-state index contributed by atoms with van der Waals surface area (Å²) in [6.07, 6.45) is 1.35. The predicted octanol–water partition coefficient (Wildman–Crippen LogP) is -0.194. The van der Waals surface area contributed by atoms with Crippen LogP contribution in [0.2, 0.25) is 0 Å². The van der Waals surface area contributed by atoms with Crippen molar-refractivity contribution in [3.8, 4) is 0 Å². The lowest BCUT2D eigenvalue weighted by Gasteiger charge is -2.34. The average molecular weight is 445 g/mol. The Bertz CT molecular complexity index is 1330. The first-order chi connectivity index (χ1) is 14.7. The third-order valence-corrected chi connectivity index (χ3v) is 6.85. The molecule has 1 aliphatic rings. The summed E-state index contributed by atoms with van der Waals surface area (Å²) >= 11 is 1.53. The van der Waals surface area contributed by atoms with E-state index in [-0.39, 0.29) is 18.0 Å². The monoisotopic (exact) mass is 444 g/mol. The summed E-state index contributed by atoms with van der Waals surface area (Å²) in [5, 5.41) is 0.662. The fourth-order valence-electron chi connectivity index (χ4n) is 3.72. The summed E-state index contributed by atoms with van der Waals surface area (Å²) in [6, 6.07) is 1.27. The van der Waals surface area contributed by atoms with Gasteiger partial charge in [-0.1, -0.05) is 0 Å². The van der Waals surface area contributed by atoms with Crippen LogP contribution in [0.15, 0.2) is 26.6 Å². The number of piperazine rings is 1. The molecule has 0 aliphatic carbocycles. The molecule has 3 aromatic heterocycles. The zero-order valence-corrected chi connectivity index (χ0v) is 18.5. The van der Waals surface area contributed by atoms with Crippen LogP contribution in [0.3, 0.4) is 0 Å². The molecule has 0 unspecified atom stereocenters. The van der Waals surface area contributed by atoms with Gasteiger partial charge < -0.3 is 9.88 Å². The highest BCUT2D eigenvalue weighted by Gasteiger charge is 2.23. The number of rotatable bonds is 4. The van der Waals surface area contributed by atoms with Gasteiger partial charge in [0, 0.05) is 50.4 Å². The number of nitrogens with one attached hydrogen (secondary N) is 1. The Kier molecular flexibility index (Phi) is 5.63. The standard InChI is InChI=1S/C20H24N6O4S/c1-12-13(2)31-19-17(12)18(29)21-14(22-19)10-24-6-8-25(9-7-24)16(28)11-26-5-4-15(27)23(3)20(26)30/h4-5H,6-11H2,1-3H3,(H,21,22,29). The molecule has 1 fully saturated rings. The van der Waals surface area contributed by atoms with E-state index in [1.807, 2.05) is 13.8 Å². The molecule has 0 aromatic carbocycles. The highest BCUT2D eigenvalue weighted by molar-refractivity contribution is 7.18. The lowest BCUT2D eigenvalue weighted by Crippen LogP contribution is -2.50. The van der Waals surface area contributed by atoms with Crippen LogP contribution in [-0.2, 0) is 24.9 Å². The first-order valence-electron chi connectivity index (χ1n) is 10.00. The third kappa shape index (κ3) is 4.10. The van der Waals surface area contributed by atoms with E-state index in [0.29, 0.717) is 43.9 Å².